The SMILES string of the molecule is C=C1CCC2C(C)(CCC(Cl)C(C)(C)Br)C(Br)CCC2(C)C1Cc1cc(Br)cc(Br)c1O. The fourth-order valence-electron chi connectivity index (χ4n) is 6.44. The topological polar surface area (TPSA) is 20.2 Å². The third kappa shape index (κ3) is 5.37. The zero-order valence-corrected chi connectivity index (χ0v) is 26.6. The first-order valence-corrected chi connectivity index (χ1v) is 15.2. The van der Waals surface area contributed by atoms with E-state index in [1.54, 1.807) is 0 Å². The maximum atomic E-state index is 10.8. The number of halogens is 5. The van der Waals surface area contributed by atoms with Gasteiger partial charge in [0.05, 0.1) is 4.47 Å². The lowest BCUT2D eigenvalue weighted by Crippen LogP contribution is -2.55. The summed E-state index contributed by atoms with van der Waals surface area (Å²) in [5, 5.41) is 10.9. The molecule has 3 rings (SSSR count). The molecule has 0 saturated heterocycles. The molecule has 2 aliphatic carbocycles. The van der Waals surface area contributed by atoms with Crippen molar-refractivity contribution in [3.63, 3.8) is 0 Å². The lowest BCUT2D eigenvalue weighted by atomic mass is 9.45. The van der Waals surface area contributed by atoms with E-state index in [0.717, 1.165) is 46.6 Å². The van der Waals surface area contributed by atoms with Crippen molar-refractivity contribution in [3.05, 3.63) is 38.8 Å². The Morgan fingerprint density at radius 2 is 1.91 bits per heavy atom. The Morgan fingerprint density at radius 3 is 2.53 bits per heavy atom. The number of allylic oxidation sites excluding steroid dienone is 1. The van der Waals surface area contributed by atoms with Gasteiger partial charge in [-0.05, 0) is 115 Å². The van der Waals surface area contributed by atoms with Crippen molar-refractivity contribution in [1.82, 2.24) is 0 Å². The molecule has 0 radical (unpaired) electrons. The van der Waals surface area contributed by atoms with Gasteiger partial charge in [0, 0.05) is 19.0 Å². The molecule has 1 nitrogen and oxygen atoms in total. The number of aromatic hydroxyl groups is 1. The molecule has 2 saturated carbocycles. The average molecular weight is 719 g/mol. The van der Waals surface area contributed by atoms with Crippen molar-refractivity contribution >= 4 is 75.3 Å². The number of hydrogen-bond acceptors (Lipinski definition) is 1. The predicted octanol–water partition coefficient (Wildman–Crippen LogP) is 10.2. The highest BCUT2D eigenvalue weighted by atomic mass is 79.9. The van der Waals surface area contributed by atoms with Crippen LogP contribution in [0.25, 0.3) is 0 Å². The molecule has 0 aliphatic heterocycles. The van der Waals surface area contributed by atoms with E-state index in [4.69, 9.17) is 11.6 Å². The summed E-state index contributed by atoms with van der Waals surface area (Å²) >= 11 is 21.8. The van der Waals surface area contributed by atoms with Crippen molar-refractivity contribution in [2.45, 2.75) is 87.2 Å². The monoisotopic (exact) mass is 714 g/mol. The fourth-order valence-corrected chi connectivity index (χ4v) is 8.87. The van der Waals surface area contributed by atoms with E-state index in [9.17, 15) is 5.11 Å². The lowest BCUT2D eigenvalue weighted by Gasteiger charge is -2.61. The summed E-state index contributed by atoms with van der Waals surface area (Å²) < 4.78 is 1.66. The Hall–Kier alpha value is 0.970. The van der Waals surface area contributed by atoms with E-state index >= 15 is 0 Å². The quantitative estimate of drug-likeness (QED) is 0.229. The highest BCUT2D eigenvalue weighted by Gasteiger charge is 2.57. The summed E-state index contributed by atoms with van der Waals surface area (Å²) in [6.07, 6.45) is 7.51. The van der Waals surface area contributed by atoms with Gasteiger partial charge in [0.15, 0.2) is 0 Å². The van der Waals surface area contributed by atoms with Gasteiger partial charge >= 0.3 is 0 Å². The van der Waals surface area contributed by atoms with Crippen LogP contribution in [0.5, 0.6) is 5.75 Å². The van der Waals surface area contributed by atoms with Crippen molar-refractivity contribution in [2.24, 2.45) is 22.7 Å². The van der Waals surface area contributed by atoms with E-state index in [-0.39, 0.29) is 20.5 Å². The van der Waals surface area contributed by atoms with Gasteiger partial charge < -0.3 is 5.11 Å². The van der Waals surface area contributed by atoms with Gasteiger partial charge in [-0.15, -0.1) is 11.6 Å². The third-order valence-electron chi connectivity index (χ3n) is 8.50. The molecule has 1 N–H and O–H groups in total. The Labute approximate surface area is 233 Å². The normalized spacial score (nSPS) is 34.3. The van der Waals surface area contributed by atoms with Crippen LogP contribution in [0.1, 0.15) is 71.8 Å². The molecule has 0 heterocycles. The van der Waals surface area contributed by atoms with E-state index in [2.05, 4.69) is 104 Å². The van der Waals surface area contributed by atoms with Gasteiger partial charge in [-0.1, -0.05) is 73.8 Å². The zero-order valence-electron chi connectivity index (χ0n) is 19.5. The van der Waals surface area contributed by atoms with Crippen molar-refractivity contribution < 1.29 is 5.11 Å². The second kappa shape index (κ2) is 10.1. The summed E-state index contributed by atoms with van der Waals surface area (Å²) in [6.45, 7) is 13.8. The van der Waals surface area contributed by atoms with E-state index in [0.29, 0.717) is 22.4 Å². The minimum atomic E-state index is -0.0698. The summed E-state index contributed by atoms with van der Waals surface area (Å²) in [5.41, 5.74) is 2.66. The largest absolute Gasteiger partial charge is 0.506 e. The molecule has 6 unspecified atom stereocenters. The first-order valence-electron chi connectivity index (χ1n) is 11.5. The number of rotatable bonds is 6. The van der Waals surface area contributed by atoms with Crippen LogP contribution >= 0.6 is 75.3 Å². The summed E-state index contributed by atoms with van der Waals surface area (Å²) in [7, 11) is 0. The summed E-state index contributed by atoms with van der Waals surface area (Å²) in [4.78, 5) is 0.496. The third-order valence-corrected chi connectivity index (χ3v) is 12.6. The molecule has 0 amide bonds. The van der Waals surface area contributed by atoms with Gasteiger partial charge in [0.25, 0.3) is 0 Å². The van der Waals surface area contributed by atoms with Crippen molar-refractivity contribution in [2.75, 3.05) is 0 Å². The molecule has 1 aromatic rings. The van der Waals surface area contributed by atoms with Gasteiger partial charge in [-0.25, -0.2) is 0 Å². The van der Waals surface area contributed by atoms with Crippen LogP contribution in [0.2, 0.25) is 0 Å². The molecule has 0 bridgehead atoms. The Bertz CT molecular complexity index is 866. The Kier molecular flexibility index (Phi) is 8.74. The maximum Gasteiger partial charge on any atom is 0.133 e. The van der Waals surface area contributed by atoms with Gasteiger partial charge in [0.1, 0.15) is 5.75 Å². The fraction of sp³-hybridized carbons (Fsp3) is 0.692. The molecule has 6 atom stereocenters. The maximum absolute atomic E-state index is 10.8. The molecule has 6 heteroatoms. The standard InChI is InChI=1S/C26H35Br4ClO/c1-15-6-7-20-25(4,18(15)13-16-12-17(27)14-19(28)23(16)32)10-8-21(29)26(20,5)11-9-22(31)24(2,3)30/h12,14,18,20-22,32H,1,6-11,13H2,2-5H3. The number of hydrogen-bond donors (Lipinski definition) is 1. The van der Waals surface area contributed by atoms with Gasteiger partial charge in [-0.2, -0.15) is 0 Å². The van der Waals surface area contributed by atoms with Crippen LogP contribution < -0.4 is 0 Å². The highest BCUT2D eigenvalue weighted by molar-refractivity contribution is 9.11. The first kappa shape index (κ1) is 27.6. The molecule has 2 aliphatic rings. The van der Waals surface area contributed by atoms with E-state index in [1.165, 1.54) is 18.4 Å². The minimum absolute atomic E-state index is 0.0698. The number of phenolic OH excluding ortho intramolecular Hbond substituents is 1. The minimum Gasteiger partial charge on any atom is -0.506 e. The second-order valence-electron chi connectivity index (χ2n) is 11.0. The number of alkyl halides is 3. The summed E-state index contributed by atoms with van der Waals surface area (Å²) in [6, 6.07) is 3.96. The lowest BCUT2D eigenvalue weighted by molar-refractivity contribution is -0.0602. The van der Waals surface area contributed by atoms with Crippen LogP contribution in [-0.4, -0.2) is 19.6 Å². The van der Waals surface area contributed by atoms with Crippen LogP contribution in [0.15, 0.2) is 33.2 Å². The first-order chi connectivity index (χ1) is 14.7. The Balaban J connectivity index is 1.92. The smallest absolute Gasteiger partial charge is 0.133 e. The van der Waals surface area contributed by atoms with Crippen LogP contribution in [0.4, 0.5) is 0 Å². The van der Waals surface area contributed by atoms with E-state index in [1.807, 2.05) is 6.07 Å². The molecule has 0 aromatic heterocycles. The second-order valence-corrected chi connectivity index (χ2v) is 16.4. The number of fused-ring (bicyclic) bond motifs is 1. The predicted molar refractivity (Wildman–Crippen MR) is 153 cm³/mol. The average Bonchev–Trinajstić information content (AvgIpc) is 2.69. The Morgan fingerprint density at radius 1 is 1.25 bits per heavy atom. The molecular weight excluding hydrogens is 683 g/mol. The molecule has 1 aromatic carbocycles. The van der Waals surface area contributed by atoms with Gasteiger partial charge in [-0.3, -0.25) is 0 Å². The molecule has 32 heavy (non-hydrogen) atoms. The van der Waals surface area contributed by atoms with Crippen LogP contribution in [0, 0.1) is 22.7 Å². The molecule has 2 fully saturated rings. The van der Waals surface area contributed by atoms with Gasteiger partial charge in [0.2, 0.25) is 0 Å². The van der Waals surface area contributed by atoms with Crippen LogP contribution in [0.3, 0.4) is 0 Å². The number of benzene rings is 1. The zero-order chi connectivity index (χ0) is 24.1. The summed E-state index contributed by atoms with van der Waals surface area (Å²) in [5.74, 6) is 1.30. The molecular formula is C26H35Br4ClO. The molecule has 180 valence electrons. The van der Waals surface area contributed by atoms with Crippen molar-refractivity contribution in [1.29, 1.82) is 0 Å². The highest BCUT2D eigenvalue weighted by Crippen LogP contribution is 2.64. The molecule has 0 spiro atoms. The van der Waals surface area contributed by atoms with E-state index < -0.39 is 0 Å². The van der Waals surface area contributed by atoms with Crippen molar-refractivity contribution in [3.8, 4) is 5.75 Å². The number of phenols is 1. The van der Waals surface area contributed by atoms with Crippen LogP contribution in [-0.2, 0) is 6.42 Å².